The number of aliphatic hydroxyl groups is 1. The molecule has 0 aromatic heterocycles. The summed E-state index contributed by atoms with van der Waals surface area (Å²) in [7, 11) is 0. The smallest absolute Gasteiger partial charge is 0.246 e. The van der Waals surface area contributed by atoms with Gasteiger partial charge in [-0.05, 0) is 25.8 Å². The maximum Gasteiger partial charge on any atom is 0.246 e. The van der Waals surface area contributed by atoms with Crippen LogP contribution in [-0.4, -0.2) is 29.7 Å². The van der Waals surface area contributed by atoms with Gasteiger partial charge in [0.2, 0.25) is 5.91 Å². The molecule has 0 bridgehead atoms. The Bertz CT molecular complexity index is 143. The highest BCUT2D eigenvalue weighted by atomic mass is 16.3. The van der Waals surface area contributed by atoms with E-state index >= 15 is 0 Å². The monoisotopic (exact) mass is 158 g/mol. The number of hydrogen-bond acceptors (Lipinski definition) is 3. The summed E-state index contributed by atoms with van der Waals surface area (Å²) in [6.07, 6.45) is 1.63. The van der Waals surface area contributed by atoms with Crippen LogP contribution in [0.4, 0.5) is 0 Å². The van der Waals surface area contributed by atoms with E-state index in [-0.39, 0.29) is 6.04 Å². The van der Waals surface area contributed by atoms with Crippen molar-refractivity contribution in [3.63, 3.8) is 0 Å². The first-order valence-corrected chi connectivity index (χ1v) is 3.91. The normalized spacial score (nSPS) is 26.8. The van der Waals surface area contributed by atoms with Gasteiger partial charge in [0.15, 0.2) is 0 Å². The van der Waals surface area contributed by atoms with E-state index in [1.165, 1.54) is 0 Å². The molecule has 0 spiro atoms. The van der Waals surface area contributed by atoms with Gasteiger partial charge in [-0.25, -0.2) is 0 Å². The van der Waals surface area contributed by atoms with E-state index in [0.717, 1.165) is 19.4 Å². The van der Waals surface area contributed by atoms with Crippen molar-refractivity contribution in [1.29, 1.82) is 0 Å². The lowest BCUT2D eigenvalue weighted by atomic mass is 10.1. The Hall–Kier alpha value is -0.610. The van der Waals surface area contributed by atoms with E-state index in [4.69, 9.17) is 10.8 Å². The zero-order valence-electron chi connectivity index (χ0n) is 6.42. The van der Waals surface area contributed by atoms with Crippen LogP contribution in [0.25, 0.3) is 0 Å². The summed E-state index contributed by atoms with van der Waals surface area (Å²) in [5.41, 5.74) is 4.90. The molecule has 0 aromatic carbocycles. The number of nitrogens with two attached hydrogens (primary N) is 1. The lowest BCUT2D eigenvalue weighted by Gasteiger charge is -2.12. The molecule has 1 aliphatic rings. The quantitative estimate of drug-likeness (QED) is 0.492. The van der Waals surface area contributed by atoms with Crippen molar-refractivity contribution in [3.05, 3.63) is 0 Å². The molecule has 1 rings (SSSR count). The second-order valence-electron chi connectivity index (χ2n) is 2.95. The number of nitrogens with one attached hydrogen (secondary N) is 1. The van der Waals surface area contributed by atoms with Crippen molar-refractivity contribution in [2.24, 2.45) is 5.73 Å². The Morgan fingerprint density at radius 1 is 1.82 bits per heavy atom. The van der Waals surface area contributed by atoms with Crippen LogP contribution in [0.2, 0.25) is 0 Å². The molecule has 2 atom stereocenters. The summed E-state index contributed by atoms with van der Waals surface area (Å²) in [6, 6.07) is 0.275. The molecule has 0 radical (unpaired) electrons. The molecule has 4 N–H and O–H groups in total. The second kappa shape index (κ2) is 3.69. The minimum Gasteiger partial charge on any atom is -0.383 e. The molecule has 4 nitrogen and oxygen atoms in total. The SMILES string of the molecule is NC(=O)[C@@H](O)C[C@H]1CCCN1. The van der Waals surface area contributed by atoms with Crippen LogP contribution in [0.5, 0.6) is 0 Å². The maximum absolute atomic E-state index is 10.4. The second-order valence-corrected chi connectivity index (χ2v) is 2.95. The van der Waals surface area contributed by atoms with Crippen molar-refractivity contribution in [2.75, 3.05) is 6.54 Å². The van der Waals surface area contributed by atoms with Crippen molar-refractivity contribution in [2.45, 2.75) is 31.4 Å². The highest BCUT2D eigenvalue weighted by Gasteiger charge is 2.20. The molecule has 1 fully saturated rings. The molecular weight excluding hydrogens is 144 g/mol. The first kappa shape index (κ1) is 8.49. The Kier molecular flexibility index (Phi) is 2.84. The highest BCUT2D eigenvalue weighted by molar-refractivity contribution is 5.78. The summed E-state index contributed by atoms with van der Waals surface area (Å²) in [5.74, 6) is -0.626. The van der Waals surface area contributed by atoms with Crippen LogP contribution in [0.1, 0.15) is 19.3 Å². The molecule has 1 amide bonds. The topological polar surface area (TPSA) is 75.4 Å². The molecule has 1 saturated heterocycles. The predicted octanol–water partition coefficient (Wildman–Crippen LogP) is -1.03. The molecule has 0 unspecified atom stereocenters. The van der Waals surface area contributed by atoms with E-state index in [0.29, 0.717) is 6.42 Å². The Labute approximate surface area is 65.8 Å². The van der Waals surface area contributed by atoms with Gasteiger partial charge >= 0.3 is 0 Å². The number of hydrogen-bond donors (Lipinski definition) is 3. The molecule has 1 aliphatic heterocycles. The fraction of sp³-hybridized carbons (Fsp3) is 0.857. The zero-order valence-corrected chi connectivity index (χ0v) is 6.42. The minimum atomic E-state index is -0.981. The third kappa shape index (κ3) is 2.48. The van der Waals surface area contributed by atoms with E-state index in [1.54, 1.807) is 0 Å². The highest BCUT2D eigenvalue weighted by Crippen LogP contribution is 2.10. The standard InChI is InChI=1S/C7H14N2O2/c8-7(11)6(10)4-5-2-1-3-9-5/h5-6,9-10H,1-4H2,(H2,8,11)/t5-,6+/m1/s1. The fourth-order valence-electron chi connectivity index (χ4n) is 1.34. The van der Waals surface area contributed by atoms with Gasteiger partial charge < -0.3 is 16.2 Å². The van der Waals surface area contributed by atoms with E-state index in [9.17, 15) is 4.79 Å². The van der Waals surface area contributed by atoms with Crippen LogP contribution < -0.4 is 11.1 Å². The van der Waals surface area contributed by atoms with E-state index < -0.39 is 12.0 Å². The van der Waals surface area contributed by atoms with Crippen molar-refractivity contribution >= 4 is 5.91 Å². The first-order valence-electron chi connectivity index (χ1n) is 3.91. The van der Waals surface area contributed by atoms with Crippen molar-refractivity contribution < 1.29 is 9.90 Å². The average molecular weight is 158 g/mol. The predicted molar refractivity (Wildman–Crippen MR) is 40.8 cm³/mol. The van der Waals surface area contributed by atoms with E-state index in [2.05, 4.69) is 5.32 Å². The molecule has 0 aromatic rings. The number of carbonyl (C=O) groups is 1. The minimum absolute atomic E-state index is 0.275. The van der Waals surface area contributed by atoms with Crippen LogP contribution >= 0.6 is 0 Å². The summed E-state index contributed by atoms with van der Waals surface area (Å²) in [5, 5.41) is 12.2. The van der Waals surface area contributed by atoms with Gasteiger partial charge in [0, 0.05) is 6.04 Å². The number of amides is 1. The first-order chi connectivity index (χ1) is 5.20. The molecule has 64 valence electrons. The van der Waals surface area contributed by atoms with Gasteiger partial charge in [-0.15, -0.1) is 0 Å². The number of aliphatic hydroxyl groups excluding tert-OH is 1. The maximum atomic E-state index is 10.4. The Morgan fingerprint density at radius 3 is 3.00 bits per heavy atom. The summed E-state index contributed by atoms with van der Waals surface area (Å²) < 4.78 is 0. The van der Waals surface area contributed by atoms with E-state index in [1.807, 2.05) is 0 Å². The fourth-order valence-corrected chi connectivity index (χ4v) is 1.34. The van der Waals surface area contributed by atoms with Gasteiger partial charge in [0.05, 0.1) is 0 Å². The summed E-state index contributed by atoms with van der Waals surface area (Å²) in [4.78, 5) is 10.4. The third-order valence-electron chi connectivity index (χ3n) is 2.00. The molecule has 11 heavy (non-hydrogen) atoms. The summed E-state index contributed by atoms with van der Waals surface area (Å²) in [6.45, 7) is 0.982. The van der Waals surface area contributed by atoms with Gasteiger partial charge in [0.25, 0.3) is 0 Å². The number of primary amides is 1. The van der Waals surface area contributed by atoms with Gasteiger partial charge in [-0.1, -0.05) is 0 Å². The van der Waals surface area contributed by atoms with Crippen molar-refractivity contribution in [3.8, 4) is 0 Å². The molecule has 0 aliphatic carbocycles. The number of rotatable bonds is 3. The zero-order chi connectivity index (χ0) is 8.27. The Morgan fingerprint density at radius 2 is 2.55 bits per heavy atom. The molecule has 1 heterocycles. The molecule has 4 heteroatoms. The van der Waals surface area contributed by atoms with Crippen molar-refractivity contribution in [1.82, 2.24) is 5.32 Å². The lowest BCUT2D eigenvalue weighted by Crippen LogP contribution is -2.35. The van der Waals surface area contributed by atoms with Gasteiger partial charge in [0.1, 0.15) is 6.10 Å². The van der Waals surface area contributed by atoms with Crippen LogP contribution in [0.3, 0.4) is 0 Å². The lowest BCUT2D eigenvalue weighted by molar-refractivity contribution is -0.126. The van der Waals surface area contributed by atoms with Gasteiger partial charge in [-0.2, -0.15) is 0 Å². The molecular formula is C7H14N2O2. The number of carbonyl (C=O) groups excluding carboxylic acids is 1. The van der Waals surface area contributed by atoms with Gasteiger partial charge in [-0.3, -0.25) is 4.79 Å². The van der Waals surface area contributed by atoms with Crippen LogP contribution in [0, 0.1) is 0 Å². The largest absolute Gasteiger partial charge is 0.383 e. The van der Waals surface area contributed by atoms with Crippen LogP contribution in [-0.2, 0) is 4.79 Å². The summed E-state index contributed by atoms with van der Waals surface area (Å²) >= 11 is 0. The average Bonchev–Trinajstić information content (AvgIpc) is 2.39. The van der Waals surface area contributed by atoms with Crippen LogP contribution in [0.15, 0.2) is 0 Å². The third-order valence-corrected chi connectivity index (χ3v) is 2.00. The molecule has 0 saturated carbocycles. The Balaban J connectivity index is 2.23.